The highest BCUT2D eigenvalue weighted by atomic mass is 35.5. The molecule has 7 heteroatoms. The van der Waals surface area contributed by atoms with E-state index < -0.39 is 0 Å². The quantitative estimate of drug-likeness (QED) is 0.124. The van der Waals surface area contributed by atoms with Crippen LogP contribution in [0.3, 0.4) is 0 Å². The molecule has 0 aliphatic carbocycles. The molecule has 0 saturated carbocycles. The largest absolute Gasteiger partial charge is 0.368 e. The van der Waals surface area contributed by atoms with E-state index in [1.54, 1.807) is 6.20 Å². The number of pyridine rings is 2. The molecule has 0 atom stereocenters. The Morgan fingerprint density at radius 3 is 2.46 bits per heavy atom. The summed E-state index contributed by atoms with van der Waals surface area (Å²) in [5, 5.41) is 23.6. The van der Waals surface area contributed by atoms with Crippen molar-refractivity contribution < 1.29 is 0 Å². The monoisotopic (exact) mass is 534 g/mol. The maximum Gasteiger partial charge on any atom is 0.134 e. The zero-order chi connectivity index (χ0) is 26.9. The van der Waals surface area contributed by atoms with Crippen LogP contribution >= 0.6 is 11.6 Å². The number of hydrogen-bond donors (Lipinski definition) is 3. The van der Waals surface area contributed by atoms with Crippen LogP contribution < -0.4 is 16.0 Å². The number of benzene rings is 3. The third-order valence-electron chi connectivity index (χ3n) is 6.72. The summed E-state index contributed by atoms with van der Waals surface area (Å²) < 4.78 is 0. The average molecular weight is 535 g/mol. The lowest BCUT2D eigenvalue weighted by Gasteiger charge is -2.12. The van der Waals surface area contributed by atoms with Gasteiger partial charge >= 0.3 is 0 Å². The Balaban J connectivity index is 1.01. The van der Waals surface area contributed by atoms with Crippen LogP contribution in [0.15, 0.2) is 85.2 Å². The van der Waals surface area contributed by atoms with Crippen molar-refractivity contribution in [2.75, 3.05) is 31.5 Å². The second-order valence-electron chi connectivity index (χ2n) is 9.47. The molecule has 3 aromatic carbocycles. The van der Waals surface area contributed by atoms with Crippen LogP contribution in [-0.2, 0) is 6.54 Å². The molecule has 0 spiro atoms. The van der Waals surface area contributed by atoms with Crippen molar-refractivity contribution in [3.05, 3.63) is 101 Å². The van der Waals surface area contributed by atoms with Gasteiger partial charge in [0.05, 0.1) is 17.1 Å². The number of aromatic nitrogens is 2. The van der Waals surface area contributed by atoms with Crippen LogP contribution in [0.25, 0.3) is 32.8 Å². The topological polar surface area (TPSA) is 85.7 Å². The smallest absolute Gasteiger partial charge is 0.134 e. The summed E-state index contributed by atoms with van der Waals surface area (Å²) in [5.41, 5.74) is 4.80. The zero-order valence-electron chi connectivity index (χ0n) is 21.8. The number of fused-ring (bicyclic) bond motifs is 3. The van der Waals surface area contributed by atoms with Crippen molar-refractivity contribution in [1.29, 1.82) is 5.26 Å². The fourth-order valence-corrected chi connectivity index (χ4v) is 5.01. The van der Waals surface area contributed by atoms with E-state index >= 15 is 0 Å². The van der Waals surface area contributed by atoms with Gasteiger partial charge in [-0.3, -0.25) is 4.98 Å². The lowest BCUT2D eigenvalue weighted by molar-refractivity contribution is 0.587. The van der Waals surface area contributed by atoms with Gasteiger partial charge in [-0.15, -0.1) is 0 Å². The lowest BCUT2D eigenvalue weighted by Crippen LogP contribution is -2.24. The van der Waals surface area contributed by atoms with Crippen LogP contribution in [0.5, 0.6) is 0 Å². The van der Waals surface area contributed by atoms with Gasteiger partial charge in [0.15, 0.2) is 0 Å². The van der Waals surface area contributed by atoms with Gasteiger partial charge in [0, 0.05) is 58.8 Å². The molecule has 0 saturated heterocycles. The number of nitrogens with zero attached hydrogens (tertiary/aromatic N) is 3. The molecule has 5 rings (SSSR count). The van der Waals surface area contributed by atoms with E-state index in [1.165, 1.54) is 5.56 Å². The number of nitrogens with one attached hydrogen (secondary N) is 3. The number of unbranched alkanes of at least 4 members (excludes halogenated alkanes) is 1. The molecule has 0 aliphatic rings. The molecule has 0 unspecified atom stereocenters. The third kappa shape index (κ3) is 6.71. The molecular weight excluding hydrogens is 504 g/mol. The van der Waals surface area contributed by atoms with Crippen LogP contribution in [0, 0.1) is 11.3 Å². The van der Waals surface area contributed by atoms with E-state index in [4.69, 9.17) is 16.6 Å². The summed E-state index contributed by atoms with van der Waals surface area (Å²) >= 11 is 6.53. The average Bonchev–Trinajstić information content (AvgIpc) is 2.98. The fraction of sp³-hybridized carbons (Fsp3) is 0.219. The Morgan fingerprint density at radius 2 is 1.64 bits per heavy atom. The Hall–Kier alpha value is -4.02. The third-order valence-corrected chi connectivity index (χ3v) is 7.04. The van der Waals surface area contributed by atoms with E-state index in [-0.39, 0.29) is 0 Å². The standard InChI is InChI=1S/C32H31ClN6/c33-30-18-24(9-10-26(30)25-6-2-1-3-7-25)21-36-14-5-4-13-35-16-17-38-32-28-12-15-37-22-29(28)27-11-8-23(20-34)19-31(27)39-32/h1-3,6-12,15,18-19,22,35-36H,4-5,13-14,16-17,21H2,(H,38,39). The number of hydrogen-bond acceptors (Lipinski definition) is 6. The molecule has 0 aliphatic heterocycles. The van der Waals surface area contributed by atoms with Crippen molar-refractivity contribution in [1.82, 2.24) is 20.6 Å². The second-order valence-corrected chi connectivity index (χ2v) is 9.87. The van der Waals surface area contributed by atoms with E-state index in [1.807, 2.05) is 48.7 Å². The van der Waals surface area contributed by atoms with Gasteiger partial charge in [-0.1, -0.05) is 60.1 Å². The van der Waals surface area contributed by atoms with Crippen molar-refractivity contribution in [2.24, 2.45) is 0 Å². The highest BCUT2D eigenvalue weighted by Gasteiger charge is 2.09. The number of nitriles is 1. The summed E-state index contributed by atoms with van der Waals surface area (Å²) in [6, 6.07) is 26.3. The normalized spacial score (nSPS) is 11.1. The molecule has 0 bridgehead atoms. The number of halogens is 1. The number of rotatable bonds is 12. The van der Waals surface area contributed by atoms with Gasteiger partial charge in [0.25, 0.3) is 0 Å². The first kappa shape index (κ1) is 26.6. The van der Waals surface area contributed by atoms with Crippen LogP contribution in [0.2, 0.25) is 5.02 Å². The minimum Gasteiger partial charge on any atom is -0.368 e. The van der Waals surface area contributed by atoms with E-state index in [2.05, 4.69) is 57.3 Å². The van der Waals surface area contributed by atoms with E-state index in [9.17, 15) is 5.26 Å². The molecule has 0 fully saturated rings. The molecule has 0 amide bonds. The molecule has 0 radical (unpaired) electrons. The first-order chi connectivity index (χ1) is 19.2. The van der Waals surface area contributed by atoms with Gasteiger partial charge in [0.2, 0.25) is 0 Å². The lowest BCUT2D eigenvalue weighted by atomic mass is 10.0. The fourth-order valence-electron chi connectivity index (χ4n) is 4.70. The Kier molecular flexibility index (Phi) is 8.97. The first-order valence-corrected chi connectivity index (χ1v) is 13.7. The predicted octanol–water partition coefficient (Wildman–Crippen LogP) is 6.55. The van der Waals surface area contributed by atoms with E-state index in [0.29, 0.717) is 5.56 Å². The molecule has 2 aromatic heterocycles. The highest BCUT2D eigenvalue weighted by Crippen LogP contribution is 2.30. The van der Waals surface area contributed by atoms with Crippen LogP contribution in [-0.4, -0.2) is 36.1 Å². The van der Waals surface area contributed by atoms with E-state index in [0.717, 1.165) is 89.2 Å². The maximum atomic E-state index is 9.26. The van der Waals surface area contributed by atoms with Crippen molar-refractivity contribution in [3.63, 3.8) is 0 Å². The predicted molar refractivity (Wildman–Crippen MR) is 161 cm³/mol. The van der Waals surface area contributed by atoms with Gasteiger partial charge in [-0.2, -0.15) is 5.26 Å². The molecule has 39 heavy (non-hydrogen) atoms. The Morgan fingerprint density at radius 1 is 0.795 bits per heavy atom. The number of anilines is 1. The van der Waals surface area contributed by atoms with Crippen LogP contribution in [0.1, 0.15) is 24.0 Å². The molecule has 6 nitrogen and oxygen atoms in total. The minimum atomic E-state index is 0.602. The SMILES string of the molecule is N#Cc1ccc2c(c1)nc(NCCNCCCCNCc1ccc(-c3ccccc3)c(Cl)c1)c1ccncc12. The Labute approximate surface area is 234 Å². The molecule has 3 N–H and O–H groups in total. The van der Waals surface area contributed by atoms with Crippen LogP contribution in [0.4, 0.5) is 5.82 Å². The Bertz CT molecular complexity index is 1600. The minimum absolute atomic E-state index is 0.602. The van der Waals surface area contributed by atoms with Gasteiger partial charge < -0.3 is 16.0 Å². The molecule has 196 valence electrons. The summed E-state index contributed by atoms with van der Waals surface area (Å²) in [6.45, 7) is 4.33. The van der Waals surface area contributed by atoms with Crippen molar-refractivity contribution in [3.8, 4) is 17.2 Å². The van der Waals surface area contributed by atoms with Crippen molar-refractivity contribution >= 4 is 39.1 Å². The van der Waals surface area contributed by atoms with Gasteiger partial charge in [-0.25, -0.2) is 4.98 Å². The summed E-state index contributed by atoms with van der Waals surface area (Å²) in [6.07, 6.45) is 5.84. The van der Waals surface area contributed by atoms with Crippen molar-refractivity contribution in [2.45, 2.75) is 19.4 Å². The molecule has 5 aromatic rings. The summed E-state index contributed by atoms with van der Waals surface area (Å²) in [5.74, 6) is 0.817. The van der Waals surface area contributed by atoms with Gasteiger partial charge in [-0.05, 0) is 61.3 Å². The highest BCUT2D eigenvalue weighted by molar-refractivity contribution is 6.33. The zero-order valence-corrected chi connectivity index (χ0v) is 22.5. The summed E-state index contributed by atoms with van der Waals surface area (Å²) in [4.78, 5) is 9.09. The molecule has 2 heterocycles. The maximum absolute atomic E-state index is 9.26. The summed E-state index contributed by atoms with van der Waals surface area (Å²) in [7, 11) is 0. The first-order valence-electron chi connectivity index (χ1n) is 13.3. The van der Waals surface area contributed by atoms with Gasteiger partial charge in [0.1, 0.15) is 5.82 Å². The second kappa shape index (κ2) is 13.2. The molecular formula is C32H31ClN6.